The summed E-state index contributed by atoms with van der Waals surface area (Å²) in [4.78, 5) is 38.8. The molecule has 158 valence electrons. The number of carbonyl (C=O) groups excluding carboxylic acids is 3. The van der Waals surface area contributed by atoms with Crippen molar-refractivity contribution in [1.29, 1.82) is 0 Å². The molecule has 3 rings (SSSR count). The van der Waals surface area contributed by atoms with Crippen LogP contribution in [0.3, 0.4) is 0 Å². The normalized spacial score (nSPS) is 13.4. The Labute approximate surface area is 170 Å². The molecule has 0 bridgehead atoms. The number of amides is 3. The van der Waals surface area contributed by atoms with Gasteiger partial charge in [-0.1, -0.05) is 24.3 Å². The Kier molecular flexibility index (Phi) is 6.09. The summed E-state index contributed by atoms with van der Waals surface area (Å²) in [5, 5.41) is 0. The minimum atomic E-state index is -4.59. The lowest BCUT2D eigenvalue weighted by atomic mass is 10.1. The Morgan fingerprint density at radius 1 is 1.00 bits per heavy atom. The number of alkyl halides is 3. The van der Waals surface area contributed by atoms with Gasteiger partial charge in [-0.2, -0.15) is 13.2 Å². The molecule has 0 fully saturated rings. The summed E-state index contributed by atoms with van der Waals surface area (Å²) in [6.45, 7) is -1.98. The fourth-order valence-electron chi connectivity index (χ4n) is 3.21. The van der Waals surface area contributed by atoms with Crippen molar-refractivity contribution in [2.24, 2.45) is 0 Å². The van der Waals surface area contributed by atoms with E-state index in [9.17, 15) is 27.6 Å². The summed E-state index contributed by atoms with van der Waals surface area (Å²) < 4.78 is 44.0. The highest BCUT2D eigenvalue weighted by Crippen LogP contribution is 2.24. The predicted octanol–water partition coefficient (Wildman–Crippen LogP) is 3.27. The lowest BCUT2D eigenvalue weighted by Gasteiger charge is -2.25. The molecule has 0 aliphatic carbocycles. The van der Waals surface area contributed by atoms with E-state index in [0.29, 0.717) is 16.2 Å². The van der Waals surface area contributed by atoms with Crippen LogP contribution in [-0.2, 0) is 11.3 Å². The van der Waals surface area contributed by atoms with Gasteiger partial charge in [0.15, 0.2) is 0 Å². The van der Waals surface area contributed by atoms with E-state index in [1.54, 1.807) is 36.4 Å². The van der Waals surface area contributed by atoms with Gasteiger partial charge in [0.25, 0.3) is 11.8 Å². The summed E-state index contributed by atoms with van der Waals surface area (Å²) >= 11 is 0. The molecule has 0 aromatic heterocycles. The van der Waals surface area contributed by atoms with Gasteiger partial charge in [-0.05, 0) is 29.8 Å². The first-order valence-corrected chi connectivity index (χ1v) is 9.12. The van der Waals surface area contributed by atoms with Gasteiger partial charge in [0.2, 0.25) is 5.91 Å². The largest absolute Gasteiger partial charge is 0.497 e. The number of fused-ring (bicyclic) bond motifs is 1. The molecule has 2 aromatic rings. The molecule has 0 radical (unpaired) electrons. The van der Waals surface area contributed by atoms with Crippen molar-refractivity contribution < 1.29 is 32.3 Å². The predicted molar refractivity (Wildman–Crippen MR) is 101 cm³/mol. The van der Waals surface area contributed by atoms with E-state index >= 15 is 0 Å². The molecular weight excluding hydrogens is 401 g/mol. The van der Waals surface area contributed by atoms with Gasteiger partial charge < -0.3 is 9.64 Å². The Balaban J connectivity index is 1.69. The Bertz CT molecular complexity index is 922. The van der Waals surface area contributed by atoms with Crippen LogP contribution in [0.15, 0.2) is 48.5 Å². The second-order valence-corrected chi connectivity index (χ2v) is 6.77. The zero-order valence-corrected chi connectivity index (χ0v) is 16.1. The van der Waals surface area contributed by atoms with E-state index in [1.807, 2.05) is 0 Å². The average Bonchev–Trinajstić information content (AvgIpc) is 2.95. The summed E-state index contributed by atoms with van der Waals surface area (Å²) in [5.74, 6) is -1.38. The number of carbonyl (C=O) groups is 3. The Morgan fingerprint density at radius 3 is 2.07 bits per heavy atom. The van der Waals surface area contributed by atoms with Gasteiger partial charge in [-0.25, -0.2) is 0 Å². The molecule has 0 atom stereocenters. The lowest BCUT2D eigenvalue weighted by molar-refractivity contribution is -0.162. The van der Waals surface area contributed by atoms with Crippen LogP contribution >= 0.6 is 0 Å². The number of benzene rings is 2. The first-order chi connectivity index (χ1) is 14.2. The summed E-state index contributed by atoms with van der Waals surface area (Å²) in [5.41, 5.74) is 0.940. The minimum Gasteiger partial charge on any atom is -0.497 e. The van der Waals surface area contributed by atoms with Crippen LogP contribution in [0.1, 0.15) is 32.7 Å². The average molecular weight is 420 g/mol. The lowest BCUT2D eigenvalue weighted by Crippen LogP contribution is -2.40. The number of nitrogens with zero attached hydrogens (tertiary/aromatic N) is 2. The minimum absolute atomic E-state index is 0.223. The molecule has 1 heterocycles. The third kappa shape index (κ3) is 4.79. The first-order valence-electron chi connectivity index (χ1n) is 9.12. The van der Waals surface area contributed by atoms with Gasteiger partial charge in [0, 0.05) is 19.5 Å². The van der Waals surface area contributed by atoms with Crippen LogP contribution in [0.25, 0.3) is 0 Å². The number of hydrogen-bond acceptors (Lipinski definition) is 4. The molecular formula is C21H19F3N2O4. The highest BCUT2D eigenvalue weighted by Gasteiger charge is 2.37. The Morgan fingerprint density at radius 2 is 1.57 bits per heavy atom. The van der Waals surface area contributed by atoms with E-state index in [-0.39, 0.29) is 24.2 Å². The third-order valence-electron chi connectivity index (χ3n) is 4.68. The highest BCUT2D eigenvalue weighted by molar-refractivity contribution is 6.21. The van der Waals surface area contributed by atoms with Crippen molar-refractivity contribution in [3.05, 3.63) is 65.2 Å². The second-order valence-electron chi connectivity index (χ2n) is 6.77. The van der Waals surface area contributed by atoms with Crippen molar-refractivity contribution >= 4 is 17.7 Å². The number of halogens is 3. The van der Waals surface area contributed by atoms with Crippen molar-refractivity contribution in [3.63, 3.8) is 0 Å². The second kappa shape index (κ2) is 8.56. The Hall–Kier alpha value is -3.36. The number of imide groups is 1. The zero-order chi connectivity index (χ0) is 21.9. The van der Waals surface area contributed by atoms with E-state index in [0.717, 1.165) is 4.90 Å². The quantitative estimate of drug-likeness (QED) is 0.645. The molecule has 0 saturated carbocycles. The van der Waals surface area contributed by atoms with Crippen LogP contribution in [0.4, 0.5) is 13.2 Å². The molecule has 1 aliphatic rings. The van der Waals surface area contributed by atoms with Gasteiger partial charge in [0.05, 0.1) is 18.2 Å². The molecule has 0 unspecified atom stereocenters. The van der Waals surface area contributed by atoms with E-state index in [1.165, 1.54) is 19.2 Å². The van der Waals surface area contributed by atoms with Crippen LogP contribution < -0.4 is 4.74 Å². The zero-order valence-electron chi connectivity index (χ0n) is 16.1. The summed E-state index contributed by atoms with van der Waals surface area (Å²) in [6, 6.07) is 12.5. The van der Waals surface area contributed by atoms with E-state index < -0.39 is 36.9 Å². The fraction of sp³-hybridized carbons (Fsp3) is 0.286. The maximum Gasteiger partial charge on any atom is 0.406 e. The van der Waals surface area contributed by atoms with Crippen LogP contribution in [0.2, 0.25) is 0 Å². The van der Waals surface area contributed by atoms with Crippen molar-refractivity contribution in [1.82, 2.24) is 9.80 Å². The maximum atomic E-state index is 13.0. The number of ether oxygens (including phenoxy) is 1. The van der Waals surface area contributed by atoms with Gasteiger partial charge in [-0.15, -0.1) is 0 Å². The molecule has 2 aromatic carbocycles. The van der Waals surface area contributed by atoms with Gasteiger partial charge in [0.1, 0.15) is 12.3 Å². The maximum absolute atomic E-state index is 13.0. The smallest absolute Gasteiger partial charge is 0.406 e. The highest BCUT2D eigenvalue weighted by atomic mass is 19.4. The molecule has 0 spiro atoms. The van der Waals surface area contributed by atoms with Crippen molar-refractivity contribution in [2.75, 3.05) is 20.2 Å². The number of rotatable bonds is 7. The van der Waals surface area contributed by atoms with Gasteiger partial charge in [-0.3, -0.25) is 19.3 Å². The molecule has 6 nitrogen and oxygen atoms in total. The molecule has 9 heteroatoms. The SMILES string of the molecule is COc1ccc(CN(CC(F)(F)F)C(=O)CCN2C(=O)c3ccccc3C2=O)cc1. The number of methoxy groups -OCH3 is 1. The standard InChI is InChI=1S/C21H19F3N2O4/c1-30-15-8-6-14(7-9-15)12-25(13-21(22,23)24)18(27)10-11-26-19(28)16-4-2-3-5-17(16)20(26)29/h2-9H,10-13H2,1H3. The van der Waals surface area contributed by atoms with Crippen molar-refractivity contribution in [3.8, 4) is 5.75 Å². The van der Waals surface area contributed by atoms with Crippen LogP contribution in [0, 0.1) is 0 Å². The van der Waals surface area contributed by atoms with E-state index in [2.05, 4.69) is 0 Å². The van der Waals surface area contributed by atoms with Crippen LogP contribution in [0.5, 0.6) is 5.75 Å². The molecule has 0 N–H and O–H groups in total. The first kappa shape index (κ1) is 21.4. The fourth-order valence-corrected chi connectivity index (χ4v) is 3.21. The molecule has 3 amide bonds. The van der Waals surface area contributed by atoms with Gasteiger partial charge >= 0.3 is 6.18 Å². The number of hydrogen-bond donors (Lipinski definition) is 0. The topological polar surface area (TPSA) is 66.9 Å². The van der Waals surface area contributed by atoms with Crippen molar-refractivity contribution in [2.45, 2.75) is 19.1 Å². The molecule has 30 heavy (non-hydrogen) atoms. The summed E-state index contributed by atoms with van der Waals surface area (Å²) in [7, 11) is 1.47. The molecule has 0 saturated heterocycles. The summed E-state index contributed by atoms with van der Waals surface area (Å²) in [6.07, 6.45) is -4.99. The molecule has 1 aliphatic heterocycles. The van der Waals surface area contributed by atoms with Crippen LogP contribution in [-0.4, -0.2) is 53.9 Å². The van der Waals surface area contributed by atoms with E-state index in [4.69, 9.17) is 4.74 Å². The monoisotopic (exact) mass is 420 g/mol. The third-order valence-corrected chi connectivity index (χ3v) is 4.68.